The van der Waals surface area contributed by atoms with Crippen molar-refractivity contribution in [3.8, 4) is 0 Å². The first-order valence-corrected chi connectivity index (χ1v) is 6.72. The van der Waals surface area contributed by atoms with Crippen molar-refractivity contribution in [2.75, 3.05) is 45.1 Å². The highest BCUT2D eigenvalue weighted by Gasteiger charge is 2.29. The number of anilines is 1. The van der Waals surface area contributed by atoms with E-state index in [9.17, 15) is 4.79 Å². The van der Waals surface area contributed by atoms with Crippen LogP contribution >= 0.6 is 0 Å². The highest BCUT2D eigenvalue weighted by molar-refractivity contribution is 6.03. The van der Waals surface area contributed by atoms with Crippen LogP contribution in [0.3, 0.4) is 0 Å². The molecule has 1 amide bonds. The van der Waals surface area contributed by atoms with E-state index in [1.165, 1.54) is 0 Å². The monoisotopic (exact) mass is 279 g/mol. The third-order valence-electron chi connectivity index (χ3n) is 3.84. The van der Waals surface area contributed by atoms with E-state index in [-0.39, 0.29) is 11.4 Å². The number of morpholine rings is 1. The fourth-order valence-corrected chi connectivity index (χ4v) is 2.72. The smallest absolute Gasteiger partial charge is 0.256 e. The summed E-state index contributed by atoms with van der Waals surface area (Å²) in [4.78, 5) is 16.5. The van der Waals surface area contributed by atoms with E-state index >= 15 is 0 Å². The predicted molar refractivity (Wildman–Crippen MR) is 76.5 cm³/mol. The van der Waals surface area contributed by atoms with Crippen LogP contribution < -0.4 is 5.73 Å². The first kappa shape index (κ1) is 14.8. The molecule has 0 atom stereocenters. The Kier molecular flexibility index (Phi) is 4.59. The molecule has 110 valence electrons. The van der Waals surface area contributed by atoms with Crippen LogP contribution in [-0.4, -0.2) is 60.6 Å². The molecule has 1 aromatic rings. The average molecular weight is 279 g/mol. The lowest BCUT2D eigenvalue weighted by Gasteiger charge is -2.28. The topological polar surface area (TPSA) is 90.3 Å². The summed E-state index contributed by atoms with van der Waals surface area (Å²) in [6.07, 6.45) is 0. The Morgan fingerprint density at radius 1 is 1.20 bits per heavy atom. The van der Waals surface area contributed by atoms with Gasteiger partial charge in [0.2, 0.25) is 0 Å². The number of nitrogens with two attached hydrogens (primary N) is 1. The number of nitrogens with zero attached hydrogens (tertiary/aromatic N) is 2. The summed E-state index contributed by atoms with van der Waals surface area (Å²) in [6, 6.07) is 5.69. The number of hydrogen-bond donors (Lipinski definition) is 1. The maximum absolute atomic E-state index is 12.3. The number of carbonyl (C=O) groups excluding carboxylic acids is 1. The van der Waals surface area contributed by atoms with Crippen LogP contribution in [0.25, 0.3) is 0 Å². The molecule has 0 spiro atoms. The minimum atomic E-state index is 0. The van der Waals surface area contributed by atoms with Gasteiger partial charge in [-0.25, -0.2) is 0 Å². The second-order valence-corrected chi connectivity index (χ2v) is 5.06. The largest absolute Gasteiger partial charge is 0.412 e. The normalized spacial score (nSPS) is 18.8. The molecule has 0 saturated carbocycles. The Labute approximate surface area is 118 Å². The fourth-order valence-electron chi connectivity index (χ4n) is 2.72. The fraction of sp³-hybridized carbons (Fsp3) is 0.500. The van der Waals surface area contributed by atoms with Crippen LogP contribution in [0.15, 0.2) is 18.2 Å². The molecule has 0 unspecified atom stereocenters. The van der Waals surface area contributed by atoms with Crippen LogP contribution in [0.2, 0.25) is 0 Å². The lowest BCUT2D eigenvalue weighted by atomic mass is 10.1. The van der Waals surface area contributed by atoms with Crippen LogP contribution in [-0.2, 0) is 11.3 Å². The quantitative estimate of drug-likeness (QED) is 0.771. The van der Waals surface area contributed by atoms with Crippen LogP contribution in [0.1, 0.15) is 15.9 Å². The van der Waals surface area contributed by atoms with Gasteiger partial charge in [0.05, 0.1) is 18.8 Å². The molecule has 6 heteroatoms. The van der Waals surface area contributed by atoms with Crippen molar-refractivity contribution in [1.29, 1.82) is 0 Å². The van der Waals surface area contributed by atoms with E-state index in [4.69, 9.17) is 10.5 Å². The van der Waals surface area contributed by atoms with Gasteiger partial charge in [-0.2, -0.15) is 0 Å². The zero-order valence-electron chi connectivity index (χ0n) is 11.5. The zero-order valence-corrected chi connectivity index (χ0v) is 11.5. The molecule has 20 heavy (non-hydrogen) atoms. The van der Waals surface area contributed by atoms with Crippen LogP contribution in [0.5, 0.6) is 0 Å². The molecule has 4 N–H and O–H groups in total. The van der Waals surface area contributed by atoms with E-state index in [1.807, 2.05) is 17.0 Å². The van der Waals surface area contributed by atoms with E-state index in [1.54, 1.807) is 6.07 Å². The van der Waals surface area contributed by atoms with Gasteiger partial charge in [0.25, 0.3) is 5.91 Å². The molecule has 2 aliphatic heterocycles. The molecule has 6 nitrogen and oxygen atoms in total. The molecule has 1 fully saturated rings. The number of amides is 1. The van der Waals surface area contributed by atoms with Gasteiger partial charge in [0, 0.05) is 38.4 Å². The number of fused-ring (bicyclic) bond motifs is 1. The molecule has 0 bridgehead atoms. The maximum atomic E-state index is 12.3. The zero-order chi connectivity index (χ0) is 13.2. The van der Waals surface area contributed by atoms with Crippen LogP contribution in [0.4, 0.5) is 5.69 Å². The summed E-state index contributed by atoms with van der Waals surface area (Å²) in [6.45, 7) is 5.84. The highest BCUT2D eigenvalue weighted by Crippen LogP contribution is 2.27. The van der Waals surface area contributed by atoms with Crippen molar-refractivity contribution in [3.05, 3.63) is 29.3 Å². The van der Waals surface area contributed by atoms with Gasteiger partial charge in [-0.05, 0) is 11.6 Å². The summed E-state index contributed by atoms with van der Waals surface area (Å²) in [5, 5.41) is 0. The summed E-state index contributed by atoms with van der Waals surface area (Å²) in [5.74, 6) is 0.0707. The number of ether oxygens (including phenoxy) is 1. The number of benzene rings is 1. The SMILES string of the molecule is Nc1cccc2c1C(=O)N(CCN1CCOCC1)C2.O. The lowest BCUT2D eigenvalue weighted by Crippen LogP contribution is -2.41. The van der Waals surface area contributed by atoms with E-state index in [0.29, 0.717) is 17.8 Å². The Balaban J connectivity index is 0.00000147. The van der Waals surface area contributed by atoms with Gasteiger partial charge >= 0.3 is 0 Å². The summed E-state index contributed by atoms with van der Waals surface area (Å²) in [7, 11) is 0. The second-order valence-electron chi connectivity index (χ2n) is 5.06. The van der Waals surface area contributed by atoms with Gasteiger partial charge in [0.1, 0.15) is 0 Å². The standard InChI is InChI=1S/C14H19N3O2.H2O/c15-12-3-1-2-11-10-17(14(18)13(11)12)5-4-16-6-8-19-9-7-16;/h1-3H,4-10,15H2;1H2. The maximum Gasteiger partial charge on any atom is 0.256 e. The molecule has 0 radical (unpaired) electrons. The van der Waals surface area contributed by atoms with Gasteiger partial charge in [-0.1, -0.05) is 12.1 Å². The Hall–Kier alpha value is -1.63. The molecule has 0 aromatic heterocycles. The summed E-state index contributed by atoms with van der Waals surface area (Å²) in [5.41, 5.74) is 8.23. The predicted octanol–water partition coefficient (Wildman–Crippen LogP) is -0.268. The Morgan fingerprint density at radius 3 is 2.65 bits per heavy atom. The molecule has 3 rings (SSSR count). The average Bonchev–Trinajstić information content (AvgIpc) is 2.76. The molecule has 2 heterocycles. The van der Waals surface area contributed by atoms with Crippen molar-refractivity contribution in [2.45, 2.75) is 6.54 Å². The highest BCUT2D eigenvalue weighted by atomic mass is 16.5. The first-order chi connectivity index (χ1) is 9.25. The lowest BCUT2D eigenvalue weighted by molar-refractivity contribution is 0.0328. The van der Waals surface area contributed by atoms with Crippen molar-refractivity contribution in [2.24, 2.45) is 0 Å². The summed E-state index contributed by atoms with van der Waals surface area (Å²) >= 11 is 0. The van der Waals surface area contributed by atoms with Crippen molar-refractivity contribution >= 4 is 11.6 Å². The number of rotatable bonds is 3. The van der Waals surface area contributed by atoms with Gasteiger partial charge in [-0.15, -0.1) is 0 Å². The van der Waals surface area contributed by atoms with E-state index in [2.05, 4.69) is 4.90 Å². The van der Waals surface area contributed by atoms with Crippen molar-refractivity contribution < 1.29 is 15.0 Å². The Bertz CT molecular complexity index is 487. The molecular weight excluding hydrogens is 258 g/mol. The van der Waals surface area contributed by atoms with Crippen molar-refractivity contribution in [1.82, 2.24) is 9.80 Å². The van der Waals surface area contributed by atoms with Crippen molar-refractivity contribution in [3.63, 3.8) is 0 Å². The Morgan fingerprint density at radius 2 is 1.95 bits per heavy atom. The first-order valence-electron chi connectivity index (χ1n) is 6.72. The number of carbonyl (C=O) groups is 1. The minimum Gasteiger partial charge on any atom is -0.412 e. The molecule has 2 aliphatic rings. The third-order valence-corrected chi connectivity index (χ3v) is 3.84. The van der Waals surface area contributed by atoms with E-state index < -0.39 is 0 Å². The van der Waals surface area contributed by atoms with Crippen LogP contribution in [0, 0.1) is 0 Å². The summed E-state index contributed by atoms with van der Waals surface area (Å²) < 4.78 is 5.32. The molecule has 1 saturated heterocycles. The van der Waals surface area contributed by atoms with Gasteiger partial charge in [-0.3, -0.25) is 9.69 Å². The third kappa shape index (κ3) is 2.77. The molecule has 0 aliphatic carbocycles. The van der Waals surface area contributed by atoms with Gasteiger partial charge < -0.3 is 20.8 Å². The molecular formula is C14H21N3O3. The van der Waals surface area contributed by atoms with E-state index in [0.717, 1.165) is 45.0 Å². The number of hydrogen-bond acceptors (Lipinski definition) is 4. The molecule has 1 aromatic carbocycles. The number of nitrogen functional groups attached to an aromatic ring is 1. The van der Waals surface area contributed by atoms with Gasteiger partial charge in [0.15, 0.2) is 0 Å². The minimum absolute atomic E-state index is 0. The second kappa shape index (κ2) is 6.21.